The molecule has 1 aliphatic rings. The van der Waals surface area contributed by atoms with Crippen LogP contribution in [0.4, 0.5) is 11.4 Å². The number of hydrogen-bond acceptors (Lipinski definition) is 6. The van der Waals surface area contributed by atoms with Crippen LogP contribution < -0.4 is 20.9 Å². The first-order valence-electron chi connectivity index (χ1n) is 8.34. The Morgan fingerprint density at radius 2 is 2.11 bits per heavy atom. The van der Waals surface area contributed by atoms with Crippen LogP contribution in [0.3, 0.4) is 0 Å². The number of nitrogens with zero attached hydrogens (tertiary/aromatic N) is 2. The van der Waals surface area contributed by atoms with Gasteiger partial charge in [-0.25, -0.2) is 4.98 Å². The number of nitrogens with one attached hydrogen (secondary N) is 2. The Kier molecular flexibility index (Phi) is 5.50. The van der Waals surface area contributed by atoms with E-state index in [1.54, 1.807) is 35.9 Å². The van der Waals surface area contributed by atoms with Crippen LogP contribution >= 0.6 is 11.8 Å². The van der Waals surface area contributed by atoms with Crippen molar-refractivity contribution in [2.24, 2.45) is 5.92 Å². The SMILES string of the molecule is COc1ccc(NC(C)=O)cc1NC(=O)C1CSc2ncc(C)c(=O)n2C1. The molecule has 142 valence electrons. The molecule has 0 radical (unpaired) electrons. The summed E-state index contributed by atoms with van der Waals surface area (Å²) in [5, 5.41) is 6.14. The van der Waals surface area contributed by atoms with Crippen LogP contribution in [0.25, 0.3) is 0 Å². The number of carbonyl (C=O) groups is 2. The van der Waals surface area contributed by atoms with Gasteiger partial charge in [0.05, 0.1) is 18.7 Å². The first-order chi connectivity index (χ1) is 12.9. The molecule has 2 N–H and O–H groups in total. The van der Waals surface area contributed by atoms with Crippen molar-refractivity contribution in [3.8, 4) is 5.75 Å². The van der Waals surface area contributed by atoms with E-state index >= 15 is 0 Å². The van der Waals surface area contributed by atoms with Crippen LogP contribution in [-0.4, -0.2) is 34.2 Å². The first kappa shape index (κ1) is 19.0. The quantitative estimate of drug-likeness (QED) is 0.776. The van der Waals surface area contributed by atoms with E-state index in [2.05, 4.69) is 15.6 Å². The van der Waals surface area contributed by atoms with E-state index in [0.29, 0.717) is 33.6 Å². The van der Waals surface area contributed by atoms with Crippen molar-refractivity contribution in [3.05, 3.63) is 40.3 Å². The molecule has 2 aromatic rings. The average molecular weight is 388 g/mol. The Labute approximate surface area is 160 Å². The minimum atomic E-state index is -0.391. The van der Waals surface area contributed by atoms with Crippen LogP contribution in [-0.2, 0) is 16.1 Å². The van der Waals surface area contributed by atoms with E-state index in [0.717, 1.165) is 0 Å². The summed E-state index contributed by atoms with van der Waals surface area (Å²) < 4.78 is 6.83. The number of amides is 2. The van der Waals surface area contributed by atoms with E-state index in [-0.39, 0.29) is 23.9 Å². The van der Waals surface area contributed by atoms with Gasteiger partial charge < -0.3 is 15.4 Å². The highest BCUT2D eigenvalue weighted by Crippen LogP contribution is 2.30. The van der Waals surface area contributed by atoms with Crippen molar-refractivity contribution in [1.29, 1.82) is 0 Å². The van der Waals surface area contributed by atoms with E-state index in [1.165, 1.54) is 25.8 Å². The third-order valence-electron chi connectivity index (χ3n) is 4.15. The number of anilines is 2. The number of ether oxygens (including phenoxy) is 1. The molecule has 0 spiro atoms. The van der Waals surface area contributed by atoms with Gasteiger partial charge in [-0.05, 0) is 25.1 Å². The number of aryl methyl sites for hydroxylation is 1. The third-order valence-corrected chi connectivity index (χ3v) is 5.30. The van der Waals surface area contributed by atoms with Gasteiger partial charge in [-0.2, -0.15) is 0 Å². The molecule has 1 atom stereocenters. The molecule has 2 amide bonds. The monoisotopic (exact) mass is 388 g/mol. The largest absolute Gasteiger partial charge is 0.495 e. The van der Waals surface area contributed by atoms with Gasteiger partial charge in [-0.15, -0.1) is 0 Å². The second kappa shape index (κ2) is 7.83. The summed E-state index contributed by atoms with van der Waals surface area (Å²) in [5.41, 5.74) is 1.43. The van der Waals surface area contributed by atoms with Crippen molar-refractivity contribution in [2.45, 2.75) is 25.5 Å². The highest BCUT2D eigenvalue weighted by molar-refractivity contribution is 7.99. The fraction of sp³-hybridized carbons (Fsp3) is 0.333. The summed E-state index contributed by atoms with van der Waals surface area (Å²) in [6.45, 7) is 3.39. The molecule has 0 fully saturated rings. The molecular weight excluding hydrogens is 368 g/mol. The van der Waals surface area contributed by atoms with E-state index in [4.69, 9.17) is 4.74 Å². The van der Waals surface area contributed by atoms with Gasteiger partial charge in [-0.3, -0.25) is 19.0 Å². The van der Waals surface area contributed by atoms with Crippen LogP contribution in [0.2, 0.25) is 0 Å². The molecular formula is C18H20N4O4S. The summed E-state index contributed by atoms with van der Waals surface area (Å²) in [4.78, 5) is 40.6. The zero-order valence-corrected chi connectivity index (χ0v) is 16.1. The van der Waals surface area contributed by atoms with Crippen molar-refractivity contribution in [2.75, 3.05) is 23.5 Å². The van der Waals surface area contributed by atoms with E-state index < -0.39 is 5.92 Å². The van der Waals surface area contributed by atoms with Crippen LogP contribution in [0.1, 0.15) is 12.5 Å². The number of benzene rings is 1. The average Bonchev–Trinajstić information content (AvgIpc) is 2.64. The van der Waals surface area contributed by atoms with Crippen LogP contribution in [0.5, 0.6) is 5.75 Å². The molecule has 1 aromatic carbocycles. The molecule has 9 heteroatoms. The fourth-order valence-corrected chi connectivity index (χ4v) is 3.83. The predicted molar refractivity (Wildman–Crippen MR) is 103 cm³/mol. The smallest absolute Gasteiger partial charge is 0.257 e. The molecule has 0 bridgehead atoms. The van der Waals surface area contributed by atoms with Gasteiger partial charge in [-0.1, -0.05) is 11.8 Å². The van der Waals surface area contributed by atoms with E-state index in [1.807, 2.05) is 0 Å². The number of carbonyl (C=O) groups excluding carboxylic acids is 2. The normalized spacial score (nSPS) is 15.6. The Morgan fingerprint density at radius 1 is 1.33 bits per heavy atom. The van der Waals surface area contributed by atoms with Crippen molar-refractivity contribution in [3.63, 3.8) is 0 Å². The number of thioether (sulfide) groups is 1. The maximum atomic E-state index is 12.8. The molecule has 8 nitrogen and oxygen atoms in total. The number of fused-ring (bicyclic) bond motifs is 1. The lowest BCUT2D eigenvalue weighted by molar-refractivity contribution is -0.119. The zero-order valence-electron chi connectivity index (χ0n) is 15.2. The highest BCUT2D eigenvalue weighted by atomic mass is 32.2. The van der Waals surface area contributed by atoms with Gasteiger partial charge in [0.15, 0.2) is 5.16 Å². The predicted octanol–water partition coefficient (Wildman–Crippen LogP) is 1.88. The Bertz CT molecular complexity index is 957. The molecule has 0 saturated carbocycles. The second-order valence-electron chi connectivity index (χ2n) is 6.23. The molecule has 2 heterocycles. The van der Waals surface area contributed by atoms with Crippen molar-refractivity contribution < 1.29 is 14.3 Å². The summed E-state index contributed by atoms with van der Waals surface area (Å²) in [5.74, 6) is 0.184. The lowest BCUT2D eigenvalue weighted by Gasteiger charge is -2.24. The molecule has 3 rings (SSSR count). The van der Waals surface area contributed by atoms with Crippen molar-refractivity contribution in [1.82, 2.24) is 9.55 Å². The van der Waals surface area contributed by atoms with Crippen LogP contribution in [0.15, 0.2) is 34.3 Å². The molecule has 0 saturated heterocycles. The number of methoxy groups -OCH3 is 1. The summed E-state index contributed by atoms with van der Waals surface area (Å²) in [6.07, 6.45) is 1.56. The summed E-state index contributed by atoms with van der Waals surface area (Å²) in [6, 6.07) is 5.00. The van der Waals surface area contributed by atoms with Gasteiger partial charge in [0.1, 0.15) is 5.75 Å². The Morgan fingerprint density at radius 3 is 2.81 bits per heavy atom. The number of rotatable bonds is 4. The minimum Gasteiger partial charge on any atom is -0.495 e. The van der Waals surface area contributed by atoms with Gasteiger partial charge >= 0.3 is 0 Å². The molecule has 1 unspecified atom stereocenters. The number of aromatic nitrogens is 2. The topological polar surface area (TPSA) is 102 Å². The lowest BCUT2D eigenvalue weighted by Crippen LogP contribution is -2.37. The summed E-state index contributed by atoms with van der Waals surface area (Å²) >= 11 is 1.38. The molecule has 0 aliphatic carbocycles. The maximum absolute atomic E-state index is 12.8. The summed E-state index contributed by atoms with van der Waals surface area (Å²) in [7, 11) is 1.50. The molecule has 27 heavy (non-hydrogen) atoms. The third kappa shape index (κ3) is 4.13. The van der Waals surface area contributed by atoms with Gasteiger partial charge in [0.2, 0.25) is 11.8 Å². The van der Waals surface area contributed by atoms with Crippen molar-refractivity contribution >= 4 is 35.0 Å². The van der Waals surface area contributed by atoms with Gasteiger partial charge in [0, 0.05) is 36.7 Å². The Hall–Kier alpha value is -2.81. The standard InChI is InChI=1S/C18H20N4O4S/c1-10-7-19-18-22(17(10)25)8-12(9-27-18)16(24)21-14-6-13(20-11(2)23)4-5-15(14)26-3/h4-7,12H,8-9H2,1-3H3,(H,20,23)(H,21,24). The maximum Gasteiger partial charge on any atom is 0.257 e. The molecule has 1 aromatic heterocycles. The van der Waals surface area contributed by atoms with E-state index in [9.17, 15) is 14.4 Å². The fourth-order valence-electron chi connectivity index (χ4n) is 2.78. The lowest BCUT2D eigenvalue weighted by atomic mass is 10.1. The van der Waals surface area contributed by atoms with Gasteiger partial charge in [0.25, 0.3) is 5.56 Å². The highest BCUT2D eigenvalue weighted by Gasteiger charge is 2.27. The first-order valence-corrected chi connectivity index (χ1v) is 9.33. The van der Waals surface area contributed by atoms with Crippen LogP contribution in [0, 0.1) is 12.8 Å². The minimum absolute atomic E-state index is 0.129. The second-order valence-corrected chi connectivity index (χ2v) is 7.22. The molecule has 1 aliphatic heterocycles. The Balaban J connectivity index is 1.80. The number of hydrogen-bond donors (Lipinski definition) is 2. The zero-order chi connectivity index (χ0) is 19.6.